The largest absolute Gasteiger partial charge is 0.416 e. The quantitative estimate of drug-likeness (QED) is 0.679. The highest BCUT2D eigenvalue weighted by molar-refractivity contribution is 5.83. The van der Waals surface area contributed by atoms with Crippen LogP contribution in [0.1, 0.15) is 22.6 Å². The third-order valence-corrected chi connectivity index (χ3v) is 5.27. The van der Waals surface area contributed by atoms with Crippen LogP contribution in [0, 0.1) is 5.92 Å². The first-order chi connectivity index (χ1) is 13.0. The van der Waals surface area contributed by atoms with E-state index in [-0.39, 0.29) is 24.0 Å². The highest BCUT2D eigenvalue weighted by Gasteiger charge is 2.33. The molecular formula is C21H21F3N2O. The van der Waals surface area contributed by atoms with E-state index in [0.29, 0.717) is 6.61 Å². The lowest BCUT2D eigenvalue weighted by Crippen LogP contribution is -2.18. The van der Waals surface area contributed by atoms with Crippen LogP contribution in [0.2, 0.25) is 0 Å². The third-order valence-electron chi connectivity index (χ3n) is 5.27. The predicted octanol–water partition coefficient (Wildman–Crippen LogP) is 4.71. The maximum atomic E-state index is 13.1. The number of hydrogen-bond acceptors (Lipinski definition) is 2. The zero-order valence-electron chi connectivity index (χ0n) is 14.7. The molecule has 2 heterocycles. The SMILES string of the molecule is FC(F)(F)c1ccccc1COCC1CNCC1c1c[nH]c2ccccc12. The van der Waals surface area contributed by atoms with Crippen molar-refractivity contribution in [2.24, 2.45) is 5.92 Å². The highest BCUT2D eigenvalue weighted by atomic mass is 19.4. The van der Waals surface area contributed by atoms with Crippen molar-refractivity contribution in [2.45, 2.75) is 18.7 Å². The molecule has 0 saturated carbocycles. The molecule has 6 heteroatoms. The van der Waals surface area contributed by atoms with E-state index in [2.05, 4.69) is 16.4 Å². The van der Waals surface area contributed by atoms with Gasteiger partial charge in [-0.3, -0.25) is 0 Å². The van der Waals surface area contributed by atoms with Crippen molar-refractivity contribution in [1.82, 2.24) is 10.3 Å². The molecule has 2 N–H and O–H groups in total. The van der Waals surface area contributed by atoms with Crippen molar-refractivity contribution >= 4 is 10.9 Å². The first kappa shape index (κ1) is 18.1. The van der Waals surface area contributed by atoms with Gasteiger partial charge in [0.15, 0.2) is 0 Å². The first-order valence-electron chi connectivity index (χ1n) is 9.03. The van der Waals surface area contributed by atoms with Crippen LogP contribution in [0.25, 0.3) is 10.9 Å². The van der Waals surface area contributed by atoms with E-state index in [1.54, 1.807) is 6.07 Å². The summed E-state index contributed by atoms with van der Waals surface area (Å²) in [4.78, 5) is 3.30. The fourth-order valence-corrected chi connectivity index (χ4v) is 3.92. The van der Waals surface area contributed by atoms with Gasteiger partial charge in [-0.25, -0.2) is 0 Å². The monoisotopic (exact) mass is 374 g/mol. The molecule has 1 saturated heterocycles. The second-order valence-corrected chi connectivity index (χ2v) is 6.98. The van der Waals surface area contributed by atoms with Crippen LogP contribution >= 0.6 is 0 Å². The van der Waals surface area contributed by atoms with Crippen molar-refractivity contribution in [2.75, 3.05) is 19.7 Å². The highest BCUT2D eigenvalue weighted by Crippen LogP contribution is 2.34. The van der Waals surface area contributed by atoms with Crippen LogP contribution in [0.15, 0.2) is 54.7 Å². The summed E-state index contributed by atoms with van der Waals surface area (Å²) in [6.07, 6.45) is -2.32. The summed E-state index contributed by atoms with van der Waals surface area (Å²) in [7, 11) is 0. The summed E-state index contributed by atoms with van der Waals surface area (Å²) in [6.45, 7) is 2.02. The number of rotatable bonds is 5. The minimum absolute atomic E-state index is 0.0349. The summed E-state index contributed by atoms with van der Waals surface area (Å²) >= 11 is 0. The Morgan fingerprint density at radius 3 is 2.63 bits per heavy atom. The van der Waals surface area contributed by atoms with Gasteiger partial charge in [0.2, 0.25) is 0 Å². The lowest BCUT2D eigenvalue weighted by Gasteiger charge is -2.19. The van der Waals surface area contributed by atoms with E-state index in [0.717, 1.165) is 24.7 Å². The summed E-state index contributed by atoms with van der Waals surface area (Å²) in [5, 5.41) is 4.58. The number of fused-ring (bicyclic) bond motifs is 1. The Balaban J connectivity index is 1.44. The summed E-state index contributed by atoms with van der Waals surface area (Å²) in [5.74, 6) is 0.501. The maximum absolute atomic E-state index is 13.1. The van der Waals surface area contributed by atoms with Crippen LogP contribution < -0.4 is 5.32 Å². The first-order valence-corrected chi connectivity index (χ1v) is 9.03. The Morgan fingerprint density at radius 2 is 1.78 bits per heavy atom. The molecule has 4 rings (SSSR count). The smallest absolute Gasteiger partial charge is 0.376 e. The van der Waals surface area contributed by atoms with Crippen molar-refractivity contribution in [1.29, 1.82) is 0 Å². The lowest BCUT2D eigenvalue weighted by atomic mass is 9.89. The molecule has 3 aromatic rings. The number of H-pyrrole nitrogens is 1. The fourth-order valence-electron chi connectivity index (χ4n) is 3.92. The van der Waals surface area contributed by atoms with Gasteiger partial charge in [0.05, 0.1) is 18.8 Å². The van der Waals surface area contributed by atoms with Crippen molar-refractivity contribution in [3.05, 3.63) is 71.4 Å². The number of aromatic nitrogens is 1. The Kier molecular flexibility index (Phi) is 4.93. The second-order valence-electron chi connectivity index (χ2n) is 6.98. The van der Waals surface area contributed by atoms with Crippen LogP contribution in [-0.4, -0.2) is 24.7 Å². The standard InChI is InChI=1S/C21H21F3N2O/c22-21(23,24)19-7-3-1-5-14(19)12-27-13-15-9-25-10-17(15)18-11-26-20-8-4-2-6-16(18)20/h1-8,11,15,17,25-26H,9-10,12-13H2. The van der Waals surface area contributed by atoms with Gasteiger partial charge < -0.3 is 15.0 Å². The number of aromatic amines is 1. The van der Waals surface area contributed by atoms with Gasteiger partial charge in [0.1, 0.15) is 0 Å². The number of para-hydroxylation sites is 1. The molecule has 2 unspecified atom stereocenters. The number of alkyl halides is 3. The van der Waals surface area contributed by atoms with Crippen molar-refractivity contribution < 1.29 is 17.9 Å². The van der Waals surface area contributed by atoms with Crippen molar-refractivity contribution in [3.8, 4) is 0 Å². The van der Waals surface area contributed by atoms with Gasteiger partial charge in [-0.05, 0) is 23.3 Å². The van der Waals surface area contributed by atoms with Gasteiger partial charge in [-0.1, -0.05) is 36.4 Å². The molecule has 1 fully saturated rings. The van der Waals surface area contributed by atoms with Gasteiger partial charge in [-0.15, -0.1) is 0 Å². The lowest BCUT2D eigenvalue weighted by molar-refractivity contribution is -0.139. The predicted molar refractivity (Wildman–Crippen MR) is 98.5 cm³/mol. The number of ether oxygens (including phenoxy) is 1. The molecule has 142 valence electrons. The molecule has 3 nitrogen and oxygen atoms in total. The molecule has 2 aromatic carbocycles. The normalized spacial score (nSPS) is 20.4. The molecule has 2 atom stereocenters. The summed E-state index contributed by atoms with van der Waals surface area (Å²) in [5.41, 5.74) is 1.89. The Bertz CT molecular complexity index is 919. The molecule has 27 heavy (non-hydrogen) atoms. The number of halogens is 3. The number of nitrogens with one attached hydrogen (secondary N) is 2. The second kappa shape index (κ2) is 7.37. The van der Waals surface area contributed by atoms with E-state index < -0.39 is 11.7 Å². The Labute approximate surface area is 155 Å². The van der Waals surface area contributed by atoms with Crippen LogP contribution in [0.3, 0.4) is 0 Å². The number of benzene rings is 2. The molecule has 0 spiro atoms. The molecule has 0 bridgehead atoms. The molecule has 1 aliphatic rings. The van der Waals surface area contributed by atoms with Crippen LogP contribution in [-0.2, 0) is 17.5 Å². The number of hydrogen-bond donors (Lipinski definition) is 2. The average Bonchev–Trinajstić information content (AvgIpc) is 3.27. The van der Waals surface area contributed by atoms with Crippen LogP contribution in [0.4, 0.5) is 13.2 Å². The Hall–Kier alpha value is -2.31. The van der Waals surface area contributed by atoms with E-state index in [4.69, 9.17) is 4.74 Å². The molecule has 1 aromatic heterocycles. The zero-order chi connectivity index (χ0) is 18.9. The molecule has 1 aliphatic heterocycles. The third kappa shape index (κ3) is 3.73. The van der Waals surface area contributed by atoms with Crippen molar-refractivity contribution in [3.63, 3.8) is 0 Å². The van der Waals surface area contributed by atoms with E-state index in [9.17, 15) is 13.2 Å². The van der Waals surface area contributed by atoms with Gasteiger partial charge in [-0.2, -0.15) is 13.2 Å². The Morgan fingerprint density at radius 1 is 1.00 bits per heavy atom. The minimum atomic E-state index is -4.36. The van der Waals surface area contributed by atoms with E-state index >= 15 is 0 Å². The summed E-state index contributed by atoms with van der Waals surface area (Å²) in [6, 6.07) is 13.7. The molecule has 0 radical (unpaired) electrons. The molecule has 0 aliphatic carbocycles. The van der Waals surface area contributed by atoms with Crippen LogP contribution in [0.5, 0.6) is 0 Å². The average molecular weight is 374 g/mol. The van der Waals surface area contributed by atoms with Gasteiger partial charge in [0, 0.05) is 42.0 Å². The fraction of sp³-hybridized carbons (Fsp3) is 0.333. The van der Waals surface area contributed by atoms with E-state index in [1.807, 2.05) is 24.4 Å². The topological polar surface area (TPSA) is 37.0 Å². The minimum Gasteiger partial charge on any atom is -0.376 e. The molecule has 0 amide bonds. The molecular weight excluding hydrogens is 353 g/mol. The summed E-state index contributed by atoms with van der Waals surface area (Å²) < 4.78 is 45.0. The maximum Gasteiger partial charge on any atom is 0.416 e. The van der Waals surface area contributed by atoms with E-state index in [1.165, 1.54) is 23.1 Å². The van der Waals surface area contributed by atoms with Gasteiger partial charge >= 0.3 is 6.18 Å². The van der Waals surface area contributed by atoms with Gasteiger partial charge in [0.25, 0.3) is 0 Å². The zero-order valence-corrected chi connectivity index (χ0v) is 14.7.